The number of benzene rings is 1. The number of rotatable bonds is 3. The van der Waals surface area contributed by atoms with Gasteiger partial charge in [-0.15, -0.1) is 0 Å². The Labute approximate surface area is 89.5 Å². The minimum Gasteiger partial charge on any atom is -0.478 e. The van der Waals surface area contributed by atoms with E-state index in [-0.39, 0.29) is 11.0 Å². The lowest BCUT2D eigenvalue weighted by Crippen LogP contribution is -2.33. The summed E-state index contributed by atoms with van der Waals surface area (Å²) in [7, 11) is -1.65. The van der Waals surface area contributed by atoms with E-state index in [0.717, 1.165) is 0 Å². The molecule has 0 atom stereocenters. The summed E-state index contributed by atoms with van der Waals surface area (Å²) < 4.78 is 0. The molecule has 3 N–H and O–H groups in total. The normalized spacial score (nSPS) is 9.93. The maximum absolute atomic E-state index is 10.6. The van der Waals surface area contributed by atoms with Crippen molar-refractivity contribution in [2.24, 2.45) is 0 Å². The van der Waals surface area contributed by atoms with Crippen LogP contribution in [0.4, 0.5) is 0 Å². The Kier molecular flexibility index (Phi) is 3.68. The van der Waals surface area contributed by atoms with Gasteiger partial charge in [0.25, 0.3) is 0 Å². The lowest BCUT2D eigenvalue weighted by atomic mass is 9.76. The van der Waals surface area contributed by atoms with Crippen molar-refractivity contribution < 1.29 is 19.9 Å². The van der Waals surface area contributed by atoms with Gasteiger partial charge >= 0.3 is 13.1 Å². The van der Waals surface area contributed by atoms with Crippen molar-refractivity contribution in [1.29, 1.82) is 0 Å². The number of hydrogen-bond acceptors (Lipinski definition) is 3. The Bertz CT molecular complexity index is 353. The Hall–Kier alpha value is -0.845. The minimum absolute atomic E-state index is 0.0396. The Balaban J connectivity index is 3.20. The fraction of sp³-hybridized carbons (Fsp3) is 0.125. The molecule has 0 spiro atoms. The van der Waals surface area contributed by atoms with Crippen LogP contribution in [0.1, 0.15) is 15.9 Å². The monoisotopic (exact) mass is 258 g/mol. The summed E-state index contributed by atoms with van der Waals surface area (Å²) in [5.74, 6) is -1.09. The van der Waals surface area contributed by atoms with Crippen molar-refractivity contribution >= 4 is 34.5 Å². The molecular weight excluding hydrogens is 251 g/mol. The summed E-state index contributed by atoms with van der Waals surface area (Å²) in [6.45, 7) is 0. The third-order valence-electron chi connectivity index (χ3n) is 1.81. The maximum Gasteiger partial charge on any atom is 0.488 e. The summed E-state index contributed by atoms with van der Waals surface area (Å²) >= 11 is 3.17. The molecule has 0 amide bonds. The predicted molar refractivity (Wildman–Crippen MR) is 55.9 cm³/mol. The quantitative estimate of drug-likeness (QED) is 0.525. The van der Waals surface area contributed by atoms with E-state index in [1.54, 1.807) is 6.07 Å². The van der Waals surface area contributed by atoms with Crippen LogP contribution < -0.4 is 5.46 Å². The summed E-state index contributed by atoms with van der Waals surface area (Å²) in [4.78, 5) is 10.6. The van der Waals surface area contributed by atoms with Gasteiger partial charge in [0.15, 0.2) is 0 Å². The molecule has 0 bridgehead atoms. The lowest BCUT2D eigenvalue weighted by Gasteiger charge is -2.06. The molecule has 14 heavy (non-hydrogen) atoms. The second-order valence-corrected chi connectivity index (χ2v) is 3.29. The van der Waals surface area contributed by atoms with Crippen LogP contribution in [0.5, 0.6) is 0 Å². The highest BCUT2D eigenvalue weighted by Gasteiger charge is 2.17. The predicted octanol–water partition coefficient (Wildman–Crippen LogP) is -0.0405. The molecule has 0 saturated carbocycles. The fourth-order valence-corrected chi connectivity index (χ4v) is 1.60. The molecule has 1 aromatic carbocycles. The lowest BCUT2D eigenvalue weighted by molar-refractivity contribution is 0.0697. The van der Waals surface area contributed by atoms with Crippen molar-refractivity contribution in [3.05, 3.63) is 29.3 Å². The van der Waals surface area contributed by atoms with Crippen LogP contribution >= 0.6 is 15.9 Å². The zero-order valence-electron chi connectivity index (χ0n) is 7.14. The van der Waals surface area contributed by atoms with Crippen LogP contribution in [0, 0.1) is 0 Å². The zero-order chi connectivity index (χ0) is 10.7. The Morgan fingerprint density at radius 3 is 2.50 bits per heavy atom. The first-order chi connectivity index (χ1) is 6.56. The second kappa shape index (κ2) is 4.59. The molecule has 1 aromatic rings. The molecule has 0 aromatic heterocycles. The van der Waals surface area contributed by atoms with Gasteiger partial charge < -0.3 is 15.2 Å². The molecule has 0 radical (unpaired) electrons. The van der Waals surface area contributed by atoms with Gasteiger partial charge in [-0.3, -0.25) is 0 Å². The van der Waals surface area contributed by atoms with Crippen LogP contribution in [-0.4, -0.2) is 28.2 Å². The van der Waals surface area contributed by atoms with Crippen LogP contribution in [0.2, 0.25) is 0 Å². The SMILES string of the molecule is O=C(O)c1ccc(CBr)c(B(O)O)c1. The van der Waals surface area contributed by atoms with Gasteiger partial charge in [0.05, 0.1) is 5.56 Å². The zero-order valence-corrected chi connectivity index (χ0v) is 8.73. The van der Waals surface area contributed by atoms with Crippen LogP contribution in [0.3, 0.4) is 0 Å². The number of aromatic carboxylic acids is 1. The highest BCUT2D eigenvalue weighted by atomic mass is 79.9. The van der Waals surface area contributed by atoms with E-state index in [4.69, 9.17) is 15.2 Å². The van der Waals surface area contributed by atoms with Crippen molar-refractivity contribution in [2.75, 3.05) is 0 Å². The maximum atomic E-state index is 10.6. The van der Waals surface area contributed by atoms with Gasteiger partial charge in [0, 0.05) is 5.33 Å². The minimum atomic E-state index is -1.65. The molecule has 0 aliphatic rings. The van der Waals surface area contributed by atoms with E-state index in [1.165, 1.54) is 12.1 Å². The Morgan fingerprint density at radius 1 is 1.43 bits per heavy atom. The molecule has 1 rings (SSSR count). The van der Waals surface area contributed by atoms with E-state index in [0.29, 0.717) is 10.9 Å². The molecule has 0 saturated heterocycles. The number of hydrogen-bond donors (Lipinski definition) is 3. The third-order valence-corrected chi connectivity index (χ3v) is 2.42. The summed E-state index contributed by atoms with van der Waals surface area (Å²) in [6.07, 6.45) is 0. The molecular formula is C8H8BBrO4. The summed E-state index contributed by atoms with van der Waals surface area (Å²) in [5, 5.41) is 27.1. The number of halogens is 1. The topological polar surface area (TPSA) is 77.8 Å². The fourth-order valence-electron chi connectivity index (χ4n) is 1.09. The number of alkyl halides is 1. The number of carbonyl (C=O) groups is 1. The van der Waals surface area contributed by atoms with Crippen LogP contribution in [0.15, 0.2) is 18.2 Å². The molecule has 0 unspecified atom stereocenters. The van der Waals surface area contributed by atoms with Crippen molar-refractivity contribution in [1.82, 2.24) is 0 Å². The van der Waals surface area contributed by atoms with Crippen molar-refractivity contribution in [2.45, 2.75) is 5.33 Å². The first kappa shape index (κ1) is 11.2. The van der Waals surface area contributed by atoms with E-state index in [9.17, 15) is 4.79 Å². The van der Waals surface area contributed by atoms with E-state index in [1.807, 2.05) is 0 Å². The standard InChI is InChI=1S/C8H8BBrO4/c10-4-6-2-1-5(8(11)12)3-7(6)9(13)14/h1-3,13-14H,4H2,(H,11,12). The summed E-state index contributed by atoms with van der Waals surface area (Å²) in [5.41, 5.74) is 0.907. The number of carboxylic acid groups (broad SMARTS) is 1. The van der Waals surface area contributed by atoms with Crippen molar-refractivity contribution in [3.8, 4) is 0 Å². The average Bonchev–Trinajstić information content (AvgIpc) is 2.16. The van der Waals surface area contributed by atoms with Gasteiger partial charge in [-0.25, -0.2) is 4.79 Å². The largest absolute Gasteiger partial charge is 0.488 e. The van der Waals surface area contributed by atoms with E-state index >= 15 is 0 Å². The highest BCUT2D eigenvalue weighted by Crippen LogP contribution is 2.06. The molecule has 0 aliphatic carbocycles. The van der Waals surface area contributed by atoms with Gasteiger partial charge in [0.2, 0.25) is 0 Å². The summed E-state index contributed by atoms with van der Waals surface area (Å²) in [6, 6.07) is 4.22. The first-order valence-corrected chi connectivity index (χ1v) is 4.96. The smallest absolute Gasteiger partial charge is 0.478 e. The molecule has 74 valence electrons. The third kappa shape index (κ3) is 2.34. The van der Waals surface area contributed by atoms with E-state index < -0.39 is 13.1 Å². The highest BCUT2D eigenvalue weighted by molar-refractivity contribution is 9.08. The van der Waals surface area contributed by atoms with E-state index in [2.05, 4.69) is 15.9 Å². The van der Waals surface area contributed by atoms with Gasteiger partial charge in [-0.05, 0) is 23.2 Å². The molecule has 0 heterocycles. The second-order valence-electron chi connectivity index (χ2n) is 2.73. The molecule has 6 heteroatoms. The first-order valence-electron chi connectivity index (χ1n) is 3.84. The molecule has 0 aliphatic heterocycles. The van der Waals surface area contributed by atoms with Gasteiger partial charge in [-0.2, -0.15) is 0 Å². The van der Waals surface area contributed by atoms with Crippen LogP contribution in [0.25, 0.3) is 0 Å². The average molecular weight is 259 g/mol. The molecule has 0 fully saturated rings. The Morgan fingerprint density at radius 2 is 2.07 bits per heavy atom. The van der Waals surface area contributed by atoms with Crippen molar-refractivity contribution in [3.63, 3.8) is 0 Å². The number of carboxylic acids is 1. The van der Waals surface area contributed by atoms with Gasteiger partial charge in [-0.1, -0.05) is 22.0 Å². The molecule has 4 nitrogen and oxygen atoms in total. The van der Waals surface area contributed by atoms with Gasteiger partial charge in [0.1, 0.15) is 0 Å². The van der Waals surface area contributed by atoms with Crippen LogP contribution in [-0.2, 0) is 5.33 Å².